The van der Waals surface area contributed by atoms with E-state index in [9.17, 15) is 32.8 Å². The highest BCUT2D eigenvalue weighted by Gasteiger charge is 2.36. The topological polar surface area (TPSA) is 130 Å². The molecule has 0 radical (unpaired) electrons. The molecule has 0 unspecified atom stereocenters. The molecule has 30 heavy (non-hydrogen) atoms. The molecule has 3 N–H and O–H groups in total. The van der Waals surface area contributed by atoms with Crippen LogP contribution in [0.1, 0.15) is 12.0 Å². The van der Waals surface area contributed by atoms with E-state index in [1.165, 1.54) is 11.0 Å². The maximum Gasteiger partial charge on any atom is 0.415 e. The lowest BCUT2D eigenvalue weighted by atomic mass is 9.97. The number of aliphatic hydroxyl groups excluding tert-OH is 1. The molecule has 2 heterocycles. The zero-order valence-corrected chi connectivity index (χ0v) is 16.5. The monoisotopic (exact) mass is 441 g/mol. The van der Waals surface area contributed by atoms with Crippen molar-refractivity contribution in [3.05, 3.63) is 35.4 Å². The SMILES string of the molecule is NC(=O)[C@H]1CN(c2cc(F)c(C3=CCN(C(=O)[C@H](O)CP=O)CC3)c(F)c2)C(=O)O1. The predicted molar refractivity (Wildman–Crippen MR) is 101 cm³/mol. The normalized spacial score (nSPS) is 20.2. The molecule has 0 spiro atoms. The smallest absolute Gasteiger partial charge is 0.415 e. The van der Waals surface area contributed by atoms with E-state index in [2.05, 4.69) is 0 Å². The molecule has 12 heteroatoms. The Balaban J connectivity index is 1.78. The zero-order valence-electron chi connectivity index (χ0n) is 15.6. The molecule has 1 aromatic carbocycles. The summed E-state index contributed by atoms with van der Waals surface area (Å²) in [5, 5.41) is 9.64. The second-order valence-corrected chi connectivity index (χ2v) is 7.38. The third-order valence-electron chi connectivity index (χ3n) is 4.84. The molecule has 0 saturated carbocycles. The van der Waals surface area contributed by atoms with Crippen molar-refractivity contribution in [2.24, 2.45) is 5.73 Å². The highest BCUT2D eigenvalue weighted by atomic mass is 31.1. The van der Waals surface area contributed by atoms with Gasteiger partial charge in [-0.15, -0.1) is 0 Å². The van der Waals surface area contributed by atoms with E-state index in [0.717, 1.165) is 17.0 Å². The van der Waals surface area contributed by atoms with E-state index < -0.39 is 41.7 Å². The quantitative estimate of drug-likeness (QED) is 0.635. The molecule has 0 aliphatic carbocycles. The molecule has 2 aliphatic rings. The number of cyclic esters (lactones) is 1. The van der Waals surface area contributed by atoms with E-state index in [1.807, 2.05) is 0 Å². The summed E-state index contributed by atoms with van der Waals surface area (Å²) in [5.74, 6) is -3.32. The number of rotatable bonds is 6. The Morgan fingerprint density at radius 3 is 2.50 bits per heavy atom. The van der Waals surface area contributed by atoms with E-state index in [-0.39, 0.29) is 51.9 Å². The van der Waals surface area contributed by atoms with Gasteiger partial charge in [0, 0.05) is 18.7 Å². The molecular weight excluding hydrogens is 423 g/mol. The van der Waals surface area contributed by atoms with Crippen molar-refractivity contribution >= 4 is 37.6 Å². The molecule has 3 rings (SSSR count). The molecule has 2 aliphatic heterocycles. The van der Waals surface area contributed by atoms with Crippen LogP contribution in [0.25, 0.3) is 5.57 Å². The number of primary amides is 1. The number of ether oxygens (including phenoxy) is 1. The van der Waals surface area contributed by atoms with Crippen molar-refractivity contribution < 1.29 is 37.6 Å². The van der Waals surface area contributed by atoms with Crippen LogP contribution in [0.2, 0.25) is 0 Å². The number of hydrogen-bond acceptors (Lipinski definition) is 6. The number of nitrogens with two attached hydrogens (primary N) is 1. The van der Waals surface area contributed by atoms with Crippen LogP contribution in [-0.4, -0.2) is 65.9 Å². The van der Waals surface area contributed by atoms with E-state index in [1.54, 1.807) is 0 Å². The van der Waals surface area contributed by atoms with Crippen LogP contribution in [0.15, 0.2) is 18.2 Å². The fourth-order valence-corrected chi connectivity index (χ4v) is 3.60. The van der Waals surface area contributed by atoms with Gasteiger partial charge in [0.15, 0.2) is 14.6 Å². The maximum absolute atomic E-state index is 14.7. The summed E-state index contributed by atoms with van der Waals surface area (Å²) >= 11 is 0. The first-order valence-corrected chi connectivity index (χ1v) is 9.94. The van der Waals surface area contributed by atoms with Gasteiger partial charge in [-0.25, -0.2) is 13.6 Å². The molecule has 9 nitrogen and oxygen atoms in total. The van der Waals surface area contributed by atoms with Crippen LogP contribution in [0.3, 0.4) is 0 Å². The number of benzene rings is 1. The average Bonchev–Trinajstić information content (AvgIpc) is 3.09. The van der Waals surface area contributed by atoms with Gasteiger partial charge in [0.05, 0.1) is 18.4 Å². The molecule has 3 amide bonds. The van der Waals surface area contributed by atoms with Gasteiger partial charge in [0.1, 0.15) is 17.7 Å². The van der Waals surface area contributed by atoms with Crippen molar-refractivity contribution in [2.45, 2.75) is 18.6 Å². The summed E-state index contributed by atoms with van der Waals surface area (Å²) in [6, 6.07) is 1.91. The Kier molecular flexibility index (Phi) is 6.42. The number of anilines is 1. The molecular formula is C18H18F2N3O6P. The Morgan fingerprint density at radius 2 is 2.00 bits per heavy atom. The largest absolute Gasteiger partial charge is 0.434 e. The fraction of sp³-hybridized carbons (Fsp3) is 0.389. The second-order valence-electron chi connectivity index (χ2n) is 6.76. The van der Waals surface area contributed by atoms with Crippen LogP contribution in [0.4, 0.5) is 19.3 Å². The summed E-state index contributed by atoms with van der Waals surface area (Å²) in [4.78, 5) is 37.3. The lowest BCUT2D eigenvalue weighted by Gasteiger charge is -2.28. The second kappa shape index (κ2) is 8.85. The highest BCUT2D eigenvalue weighted by Crippen LogP contribution is 2.32. The van der Waals surface area contributed by atoms with Crippen molar-refractivity contribution in [2.75, 3.05) is 30.7 Å². The Hall–Kier alpha value is -2.91. The summed E-state index contributed by atoms with van der Waals surface area (Å²) in [5.41, 5.74) is 5.02. The van der Waals surface area contributed by atoms with Crippen molar-refractivity contribution in [1.82, 2.24) is 4.90 Å². The number of nitrogens with zero attached hydrogens (tertiary/aromatic N) is 2. The molecule has 0 aromatic heterocycles. The Labute approximate surface area is 171 Å². The average molecular weight is 441 g/mol. The van der Waals surface area contributed by atoms with Crippen molar-refractivity contribution in [1.29, 1.82) is 0 Å². The highest BCUT2D eigenvalue weighted by molar-refractivity contribution is 7.23. The first kappa shape index (κ1) is 21.8. The summed E-state index contributed by atoms with van der Waals surface area (Å²) in [6.45, 7) is -0.103. The van der Waals surface area contributed by atoms with Gasteiger partial charge in [0.2, 0.25) is 0 Å². The summed E-state index contributed by atoms with van der Waals surface area (Å²) < 4.78 is 44.7. The Bertz CT molecular complexity index is 917. The van der Waals surface area contributed by atoms with E-state index in [4.69, 9.17) is 10.5 Å². The zero-order chi connectivity index (χ0) is 22.0. The maximum atomic E-state index is 14.7. The van der Waals surface area contributed by atoms with Crippen LogP contribution in [0.5, 0.6) is 0 Å². The number of hydrogen-bond donors (Lipinski definition) is 2. The molecule has 160 valence electrons. The standard InChI is InChI=1S/C18H18F2N3O6P/c19-11-5-10(23-7-14(16(21)25)29-18(23)27)6-12(20)15(11)9-1-3-22(4-2-9)17(26)13(24)8-30-28/h1,5-6,13-14,24H,2-4,7-8H2,(H2,21,25)/t13-,14-/m1/s1. The summed E-state index contributed by atoms with van der Waals surface area (Å²) in [7, 11) is -0.361. The number of aliphatic hydroxyl groups is 1. The van der Waals surface area contributed by atoms with Gasteiger partial charge in [-0.1, -0.05) is 6.08 Å². The summed E-state index contributed by atoms with van der Waals surface area (Å²) in [6.07, 6.45) is -2.17. The van der Waals surface area contributed by atoms with E-state index in [0.29, 0.717) is 5.57 Å². The lowest BCUT2D eigenvalue weighted by molar-refractivity contribution is -0.138. The number of carbonyl (C=O) groups excluding carboxylic acids is 3. The van der Waals surface area contributed by atoms with Gasteiger partial charge in [0.25, 0.3) is 11.8 Å². The fourth-order valence-electron chi connectivity index (χ4n) is 3.30. The number of carbonyl (C=O) groups is 3. The molecule has 2 atom stereocenters. The van der Waals surface area contributed by atoms with Crippen molar-refractivity contribution in [3.8, 4) is 0 Å². The van der Waals surface area contributed by atoms with Gasteiger partial charge in [-0.05, 0) is 24.1 Å². The first-order valence-electron chi connectivity index (χ1n) is 8.94. The van der Waals surface area contributed by atoms with Gasteiger partial charge in [-0.2, -0.15) is 0 Å². The lowest BCUT2D eigenvalue weighted by Crippen LogP contribution is -2.42. The Morgan fingerprint density at radius 1 is 1.33 bits per heavy atom. The molecule has 1 aromatic rings. The van der Waals surface area contributed by atoms with Crippen LogP contribution in [0, 0.1) is 11.6 Å². The molecule has 1 fully saturated rings. The van der Waals surface area contributed by atoms with Crippen LogP contribution in [-0.2, 0) is 18.9 Å². The number of amides is 3. The van der Waals surface area contributed by atoms with E-state index >= 15 is 0 Å². The minimum absolute atomic E-state index is 0.0281. The minimum Gasteiger partial charge on any atom is -0.434 e. The van der Waals surface area contributed by atoms with Crippen LogP contribution < -0.4 is 10.6 Å². The minimum atomic E-state index is -1.41. The van der Waals surface area contributed by atoms with Crippen molar-refractivity contribution in [3.63, 3.8) is 0 Å². The third kappa shape index (κ3) is 4.31. The number of halogens is 2. The van der Waals surface area contributed by atoms with Crippen LogP contribution >= 0.6 is 8.46 Å². The molecule has 1 saturated heterocycles. The van der Waals surface area contributed by atoms with Gasteiger partial charge < -0.3 is 20.5 Å². The molecule has 0 bridgehead atoms. The third-order valence-corrected chi connectivity index (χ3v) is 5.34. The van der Waals surface area contributed by atoms with Gasteiger partial charge >= 0.3 is 6.09 Å². The first-order chi connectivity index (χ1) is 14.2. The van der Waals surface area contributed by atoms with Gasteiger partial charge in [-0.3, -0.25) is 19.1 Å². The predicted octanol–water partition coefficient (Wildman–Crippen LogP) is 1.04.